The Morgan fingerprint density at radius 1 is 0.212 bits per heavy atom. The second kappa shape index (κ2) is 12.5. The van der Waals surface area contributed by atoms with E-state index in [1.165, 1.54) is 98.7 Å². The molecule has 0 fully saturated rings. The number of hydrogen-bond donors (Lipinski definition) is 0. The average molecular weight is 659 g/mol. The summed E-state index contributed by atoms with van der Waals surface area (Å²) in [4.78, 5) is 0. The summed E-state index contributed by atoms with van der Waals surface area (Å²) in [6.45, 7) is 0. The van der Waals surface area contributed by atoms with Crippen LogP contribution in [0.4, 0.5) is 0 Å². The minimum Gasteiger partial charge on any atom is -0.0622 e. The lowest BCUT2D eigenvalue weighted by atomic mass is 9.85. The van der Waals surface area contributed by atoms with E-state index in [2.05, 4.69) is 206 Å². The van der Waals surface area contributed by atoms with Crippen LogP contribution in [0.1, 0.15) is 0 Å². The molecule has 0 aliphatic heterocycles. The van der Waals surface area contributed by atoms with E-state index in [-0.39, 0.29) is 0 Å². The second-order valence-electron chi connectivity index (χ2n) is 13.6. The molecule has 10 rings (SSSR count). The summed E-state index contributed by atoms with van der Waals surface area (Å²) >= 11 is 0. The Bertz CT molecular complexity index is 2820. The third-order valence-electron chi connectivity index (χ3n) is 10.6. The molecule has 0 heteroatoms. The SMILES string of the molecule is c1ccc(-c2c3ccccc3c(-c3ccc4cc(-c5ccc(-c6ccccc6)c6c(-c7ccccc7)cccc56)ccc4c3)c3ccccc23)cc1. The van der Waals surface area contributed by atoms with Crippen LogP contribution in [0.3, 0.4) is 0 Å². The Labute approximate surface area is 303 Å². The average Bonchev–Trinajstić information content (AvgIpc) is 3.22. The van der Waals surface area contributed by atoms with Crippen LogP contribution < -0.4 is 0 Å². The third kappa shape index (κ3) is 5.00. The molecule has 242 valence electrons. The fourth-order valence-electron chi connectivity index (χ4n) is 8.30. The van der Waals surface area contributed by atoms with Crippen molar-refractivity contribution in [2.75, 3.05) is 0 Å². The highest BCUT2D eigenvalue weighted by Crippen LogP contribution is 2.45. The second-order valence-corrected chi connectivity index (χ2v) is 13.6. The van der Waals surface area contributed by atoms with Gasteiger partial charge in [-0.15, -0.1) is 0 Å². The molecular formula is C52H34. The molecule has 52 heavy (non-hydrogen) atoms. The normalized spacial score (nSPS) is 11.5. The van der Waals surface area contributed by atoms with Crippen molar-refractivity contribution >= 4 is 43.1 Å². The van der Waals surface area contributed by atoms with E-state index < -0.39 is 0 Å². The van der Waals surface area contributed by atoms with Crippen molar-refractivity contribution in [2.24, 2.45) is 0 Å². The van der Waals surface area contributed by atoms with Gasteiger partial charge in [-0.3, -0.25) is 0 Å². The van der Waals surface area contributed by atoms with Gasteiger partial charge in [0.2, 0.25) is 0 Å². The summed E-state index contributed by atoms with van der Waals surface area (Å²) in [6.07, 6.45) is 0. The van der Waals surface area contributed by atoms with Crippen molar-refractivity contribution in [1.82, 2.24) is 0 Å². The fraction of sp³-hybridized carbons (Fsp3) is 0. The van der Waals surface area contributed by atoms with Gasteiger partial charge in [0.15, 0.2) is 0 Å². The van der Waals surface area contributed by atoms with Gasteiger partial charge >= 0.3 is 0 Å². The monoisotopic (exact) mass is 658 g/mol. The molecule has 0 saturated heterocycles. The number of rotatable bonds is 5. The molecule has 0 N–H and O–H groups in total. The maximum absolute atomic E-state index is 2.37. The van der Waals surface area contributed by atoms with Crippen LogP contribution in [0, 0.1) is 0 Å². The largest absolute Gasteiger partial charge is 0.0622 e. The molecule has 10 aromatic carbocycles. The van der Waals surface area contributed by atoms with Crippen molar-refractivity contribution in [1.29, 1.82) is 0 Å². The highest BCUT2D eigenvalue weighted by molar-refractivity contribution is 6.22. The van der Waals surface area contributed by atoms with Gasteiger partial charge in [0.25, 0.3) is 0 Å². The summed E-state index contributed by atoms with van der Waals surface area (Å²) in [5.41, 5.74) is 12.5. The van der Waals surface area contributed by atoms with Crippen LogP contribution in [0.25, 0.3) is 98.7 Å². The molecule has 0 aromatic heterocycles. The number of fused-ring (bicyclic) bond motifs is 4. The Morgan fingerprint density at radius 3 is 1.17 bits per heavy atom. The van der Waals surface area contributed by atoms with E-state index in [0.717, 1.165) is 0 Å². The Hall–Kier alpha value is -6.76. The lowest BCUT2D eigenvalue weighted by Crippen LogP contribution is -1.91. The minimum atomic E-state index is 1.22. The Balaban J connectivity index is 1.15. The molecule has 0 bridgehead atoms. The molecule has 10 aromatic rings. The maximum Gasteiger partial charge on any atom is -0.00206 e. The lowest BCUT2D eigenvalue weighted by Gasteiger charge is -2.18. The van der Waals surface area contributed by atoms with Crippen LogP contribution in [0.5, 0.6) is 0 Å². The Kier molecular flexibility index (Phi) is 7.25. The minimum absolute atomic E-state index is 1.22. The van der Waals surface area contributed by atoms with Crippen molar-refractivity contribution < 1.29 is 0 Å². The predicted octanol–water partition coefficient (Wildman–Crippen LogP) is 14.6. The van der Waals surface area contributed by atoms with Gasteiger partial charge in [-0.1, -0.05) is 194 Å². The van der Waals surface area contributed by atoms with Crippen molar-refractivity contribution in [3.63, 3.8) is 0 Å². The molecule has 0 radical (unpaired) electrons. The van der Waals surface area contributed by atoms with Crippen LogP contribution in [-0.2, 0) is 0 Å². The molecule has 0 aliphatic carbocycles. The van der Waals surface area contributed by atoms with Gasteiger partial charge in [-0.25, -0.2) is 0 Å². The molecule has 0 saturated carbocycles. The summed E-state index contributed by atoms with van der Waals surface area (Å²) in [6, 6.07) is 75.4. The van der Waals surface area contributed by atoms with Crippen LogP contribution in [0.2, 0.25) is 0 Å². The van der Waals surface area contributed by atoms with Gasteiger partial charge in [0, 0.05) is 0 Å². The van der Waals surface area contributed by atoms with E-state index in [0.29, 0.717) is 0 Å². The van der Waals surface area contributed by atoms with Crippen molar-refractivity contribution in [3.8, 4) is 55.6 Å². The van der Waals surface area contributed by atoms with Gasteiger partial charge < -0.3 is 0 Å². The van der Waals surface area contributed by atoms with E-state index in [4.69, 9.17) is 0 Å². The molecule has 0 spiro atoms. The zero-order valence-corrected chi connectivity index (χ0v) is 28.6. The first kappa shape index (κ1) is 30.1. The topological polar surface area (TPSA) is 0 Å². The molecule has 0 amide bonds. The molecule has 0 heterocycles. The Morgan fingerprint density at radius 2 is 0.615 bits per heavy atom. The molecule has 0 atom stereocenters. The summed E-state index contributed by atoms with van der Waals surface area (Å²) in [5.74, 6) is 0. The van der Waals surface area contributed by atoms with E-state index >= 15 is 0 Å². The third-order valence-corrected chi connectivity index (χ3v) is 10.6. The van der Waals surface area contributed by atoms with Gasteiger partial charge in [0.05, 0.1) is 0 Å². The first-order valence-corrected chi connectivity index (χ1v) is 18.0. The first-order chi connectivity index (χ1) is 25.8. The predicted molar refractivity (Wildman–Crippen MR) is 224 cm³/mol. The molecule has 0 nitrogen and oxygen atoms in total. The van der Waals surface area contributed by atoms with E-state index in [1.54, 1.807) is 0 Å². The fourth-order valence-corrected chi connectivity index (χ4v) is 8.30. The van der Waals surface area contributed by atoms with Crippen LogP contribution in [-0.4, -0.2) is 0 Å². The van der Waals surface area contributed by atoms with E-state index in [1.807, 2.05) is 0 Å². The van der Waals surface area contributed by atoms with Gasteiger partial charge in [-0.05, 0) is 111 Å². The molecular weight excluding hydrogens is 625 g/mol. The van der Waals surface area contributed by atoms with Gasteiger partial charge in [-0.2, -0.15) is 0 Å². The highest BCUT2D eigenvalue weighted by atomic mass is 14.2. The standard InChI is InChI=1S/C52H34/c1-4-15-35(16-5-1)43-25-14-26-45-42(31-32-44(52(43)45)36-17-6-2-7-18-36)40-29-27-39-34-41(30-28-38(39)33-40)51-48-23-12-10-21-46(48)50(37-19-8-3-9-20-37)47-22-11-13-24-49(47)51/h1-34H. The summed E-state index contributed by atoms with van der Waals surface area (Å²) in [7, 11) is 0. The summed E-state index contributed by atoms with van der Waals surface area (Å²) in [5, 5.41) is 10.1. The smallest absolute Gasteiger partial charge is 0.00206 e. The molecule has 0 aliphatic rings. The zero-order chi connectivity index (χ0) is 34.4. The number of benzene rings is 10. The summed E-state index contributed by atoms with van der Waals surface area (Å²) < 4.78 is 0. The lowest BCUT2D eigenvalue weighted by molar-refractivity contribution is 1.61. The van der Waals surface area contributed by atoms with Crippen LogP contribution >= 0.6 is 0 Å². The van der Waals surface area contributed by atoms with Crippen molar-refractivity contribution in [2.45, 2.75) is 0 Å². The molecule has 0 unspecified atom stereocenters. The van der Waals surface area contributed by atoms with Gasteiger partial charge in [0.1, 0.15) is 0 Å². The van der Waals surface area contributed by atoms with E-state index in [9.17, 15) is 0 Å². The zero-order valence-electron chi connectivity index (χ0n) is 28.6. The van der Waals surface area contributed by atoms with Crippen LogP contribution in [0.15, 0.2) is 206 Å². The first-order valence-electron chi connectivity index (χ1n) is 18.0. The number of hydrogen-bond acceptors (Lipinski definition) is 0. The highest BCUT2D eigenvalue weighted by Gasteiger charge is 2.18. The maximum atomic E-state index is 2.37. The quantitative estimate of drug-likeness (QED) is 0.161. The van der Waals surface area contributed by atoms with Crippen molar-refractivity contribution in [3.05, 3.63) is 206 Å².